The minimum Gasteiger partial charge on any atom is -0.507 e. The van der Waals surface area contributed by atoms with Crippen molar-refractivity contribution in [3.05, 3.63) is 58.2 Å². The van der Waals surface area contributed by atoms with E-state index in [1.54, 1.807) is 37.7 Å². The molecule has 0 radical (unpaired) electrons. The van der Waals surface area contributed by atoms with Crippen molar-refractivity contribution in [3.8, 4) is 0 Å². The van der Waals surface area contributed by atoms with Crippen molar-refractivity contribution >= 4 is 17.4 Å². The van der Waals surface area contributed by atoms with Gasteiger partial charge in [-0.3, -0.25) is 14.3 Å². The maximum atomic E-state index is 13.5. The predicted molar refractivity (Wildman–Crippen MR) is 111 cm³/mol. The SMILES string of the molecule is Cc1nn(C)c(C)c1C(O)=C1C(=O)C(=O)N(CCCN(C)C)C1c1ccc(F)cc1. The standard InChI is InChI=1S/C22H27FN4O3/c1-13-17(14(2)26(5)24-13)20(28)18-19(15-7-9-16(23)10-8-15)27(22(30)21(18)29)12-6-11-25(3)4/h7-10,19,28H,6,11-12H2,1-5H3. The number of carbonyl (C=O) groups is 2. The Labute approximate surface area is 175 Å². The average molecular weight is 414 g/mol. The molecular weight excluding hydrogens is 387 g/mol. The number of carbonyl (C=O) groups excluding carboxylic acids is 2. The normalized spacial score (nSPS) is 18.6. The van der Waals surface area contributed by atoms with Crippen molar-refractivity contribution in [2.24, 2.45) is 7.05 Å². The summed E-state index contributed by atoms with van der Waals surface area (Å²) in [4.78, 5) is 29.3. The number of hydrogen-bond donors (Lipinski definition) is 1. The summed E-state index contributed by atoms with van der Waals surface area (Å²) in [5, 5.41) is 15.4. The van der Waals surface area contributed by atoms with E-state index in [1.165, 1.54) is 17.0 Å². The summed E-state index contributed by atoms with van der Waals surface area (Å²) in [6.45, 7) is 4.60. The van der Waals surface area contributed by atoms with E-state index in [2.05, 4.69) is 5.10 Å². The highest BCUT2D eigenvalue weighted by atomic mass is 19.1. The van der Waals surface area contributed by atoms with Gasteiger partial charge in [0.15, 0.2) is 0 Å². The summed E-state index contributed by atoms with van der Waals surface area (Å²) < 4.78 is 15.1. The molecule has 8 heteroatoms. The van der Waals surface area contributed by atoms with E-state index in [1.807, 2.05) is 19.0 Å². The number of amides is 1. The number of hydrogen-bond acceptors (Lipinski definition) is 5. The van der Waals surface area contributed by atoms with E-state index < -0.39 is 23.5 Å². The first-order valence-corrected chi connectivity index (χ1v) is 9.82. The van der Waals surface area contributed by atoms with Crippen LogP contribution in [0.15, 0.2) is 29.8 Å². The molecule has 1 aliphatic heterocycles. The van der Waals surface area contributed by atoms with Crippen molar-refractivity contribution in [3.63, 3.8) is 0 Å². The molecule has 1 fully saturated rings. The van der Waals surface area contributed by atoms with Crippen molar-refractivity contribution in [2.75, 3.05) is 27.2 Å². The van der Waals surface area contributed by atoms with Gasteiger partial charge in [-0.05, 0) is 58.6 Å². The summed E-state index contributed by atoms with van der Waals surface area (Å²) in [6.07, 6.45) is 0.655. The van der Waals surface area contributed by atoms with Crippen molar-refractivity contribution < 1.29 is 19.1 Å². The number of ketones is 1. The fourth-order valence-electron chi connectivity index (χ4n) is 3.91. The van der Waals surface area contributed by atoms with Gasteiger partial charge in [-0.15, -0.1) is 0 Å². The maximum Gasteiger partial charge on any atom is 0.295 e. The van der Waals surface area contributed by atoms with Crippen LogP contribution in [0.4, 0.5) is 4.39 Å². The van der Waals surface area contributed by atoms with E-state index in [4.69, 9.17) is 0 Å². The zero-order chi connectivity index (χ0) is 22.2. The molecule has 0 aliphatic carbocycles. The van der Waals surface area contributed by atoms with Gasteiger partial charge in [0.25, 0.3) is 11.7 Å². The second-order valence-corrected chi connectivity index (χ2v) is 7.87. The molecule has 1 amide bonds. The molecule has 2 aromatic rings. The highest BCUT2D eigenvalue weighted by Crippen LogP contribution is 2.40. The summed E-state index contributed by atoms with van der Waals surface area (Å²) in [5.41, 5.74) is 2.26. The fraction of sp³-hybridized carbons (Fsp3) is 0.409. The van der Waals surface area contributed by atoms with Crippen LogP contribution in [0.5, 0.6) is 0 Å². The molecule has 30 heavy (non-hydrogen) atoms. The van der Waals surface area contributed by atoms with E-state index in [-0.39, 0.29) is 11.3 Å². The number of aliphatic hydroxyl groups excluding tert-OH is 1. The van der Waals surface area contributed by atoms with Crippen LogP contribution >= 0.6 is 0 Å². The predicted octanol–water partition coefficient (Wildman–Crippen LogP) is 2.55. The lowest BCUT2D eigenvalue weighted by Crippen LogP contribution is -2.32. The Morgan fingerprint density at radius 2 is 1.83 bits per heavy atom. The topological polar surface area (TPSA) is 78.7 Å². The van der Waals surface area contributed by atoms with Crippen LogP contribution in [0.25, 0.3) is 5.76 Å². The van der Waals surface area contributed by atoms with Crippen LogP contribution in [0.2, 0.25) is 0 Å². The Hall–Kier alpha value is -3.00. The van der Waals surface area contributed by atoms with Gasteiger partial charge in [0.2, 0.25) is 0 Å². The van der Waals surface area contributed by atoms with Gasteiger partial charge in [-0.25, -0.2) is 4.39 Å². The molecule has 1 saturated heterocycles. The van der Waals surface area contributed by atoms with Crippen LogP contribution < -0.4 is 0 Å². The maximum absolute atomic E-state index is 13.5. The number of aryl methyl sites for hydroxylation is 2. The van der Waals surface area contributed by atoms with Gasteiger partial charge in [-0.1, -0.05) is 12.1 Å². The van der Waals surface area contributed by atoms with E-state index in [9.17, 15) is 19.1 Å². The minimum atomic E-state index is -0.785. The number of nitrogens with zero attached hydrogens (tertiary/aromatic N) is 4. The third-order valence-corrected chi connectivity index (χ3v) is 5.48. The Balaban J connectivity index is 2.14. The fourth-order valence-corrected chi connectivity index (χ4v) is 3.91. The number of benzene rings is 1. The van der Waals surface area contributed by atoms with Gasteiger partial charge in [0, 0.05) is 19.3 Å². The third kappa shape index (κ3) is 3.87. The Kier molecular flexibility index (Phi) is 6.07. The molecule has 0 spiro atoms. The quantitative estimate of drug-likeness (QED) is 0.447. The largest absolute Gasteiger partial charge is 0.507 e. The van der Waals surface area contributed by atoms with Crippen molar-refractivity contribution in [1.29, 1.82) is 0 Å². The molecule has 1 N–H and O–H groups in total. The van der Waals surface area contributed by atoms with E-state index in [0.717, 1.165) is 6.54 Å². The molecule has 3 rings (SSSR count). The molecule has 2 heterocycles. The lowest BCUT2D eigenvalue weighted by molar-refractivity contribution is -0.139. The molecule has 7 nitrogen and oxygen atoms in total. The van der Waals surface area contributed by atoms with Crippen LogP contribution in [-0.4, -0.2) is 63.6 Å². The smallest absolute Gasteiger partial charge is 0.295 e. The number of rotatable bonds is 6. The number of halogens is 1. The highest BCUT2D eigenvalue weighted by molar-refractivity contribution is 6.46. The molecule has 1 atom stereocenters. The lowest BCUT2D eigenvalue weighted by Gasteiger charge is -2.26. The van der Waals surface area contributed by atoms with Crippen molar-refractivity contribution in [1.82, 2.24) is 19.6 Å². The second kappa shape index (κ2) is 8.39. The number of Topliss-reactive ketones (excluding diaryl/α,β-unsaturated/α-hetero) is 1. The summed E-state index contributed by atoms with van der Waals surface area (Å²) in [7, 11) is 5.61. The van der Waals surface area contributed by atoms with Crippen LogP contribution in [0, 0.1) is 19.7 Å². The lowest BCUT2D eigenvalue weighted by atomic mass is 9.94. The molecule has 160 valence electrons. The first kappa shape index (κ1) is 21.7. The zero-order valence-corrected chi connectivity index (χ0v) is 17.9. The Morgan fingerprint density at radius 1 is 1.20 bits per heavy atom. The third-order valence-electron chi connectivity index (χ3n) is 5.48. The van der Waals surface area contributed by atoms with E-state index >= 15 is 0 Å². The molecular formula is C22H27FN4O3. The molecule has 1 unspecified atom stereocenters. The Bertz CT molecular complexity index is 1010. The van der Waals surface area contributed by atoms with Crippen molar-refractivity contribution in [2.45, 2.75) is 26.3 Å². The van der Waals surface area contributed by atoms with Gasteiger partial charge < -0.3 is 14.9 Å². The minimum absolute atomic E-state index is 0.00987. The van der Waals surface area contributed by atoms with Gasteiger partial charge in [-0.2, -0.15) is 5.10 Å². The van der Waals surface area contributed by atoms with Crippen LogP contribution in [0.3, 0.4) is 0 Å². The van der Waals surface area contributed by atoms with E-state index in [0.29, 0.717) is 35.5 Å². The number of aromatic nitrogens is 2. The molecule has 1 aliphatic rings. The second-order valence-electron chi connectivity index (χ2n) is 7.87. The monoisotopic (exact) mass is 414 g/mol. The van der Waals surface area contributed by atoms with Gasteiger partial charge in [0.05, 0.1) is 22.9 Å². The van der Waals surface area contributed by atoms with Gasteiger partial charge in [0.1, 0.15) is 11.6 Å². The molecule has 1 aromatic carbocycles. The molecule has 0 bridgehead atoms. The summed E-state index contributed by atoms with van der Waals surface area (Å²) in [5.74, 6) is -2.07. The first-order valence-electron chi connectivity index (χ1n) is 9.82. The average Bonchev–Trinajstić information content (AvgIpc) is 3.08. The first-order chi connectivity index (χ1) is 14.1. The summed E-state index contributed by atoms with van der Waals surface area (Å²) in [6, 6.07) is 4.88. The molecule has 0 saturated carbocycles. The summed E-state index contributed by atoms with van der Waals surface area (Å²) >= 11 is 0. The van der Waals surface area contributed by atoms with Crippen LogP contribution in [-0.2, 0) is 16.6 Å². The highest BCUT2D eigenvalue weighted by Gasteiger charge is 2.46. The van der Waals surface area contributed by atoms with Gasteiger partial charge >= 0.3 is 0 Å². The number of aliphatic hydroxyl groups is 1. The number of likely N-dealkylation sites (tertiary alicyclic amines) is 1. The molecule has 1 aromatic heterocycles. The van der Waals surface area contributed by atoms with Crippen LogP contribution in [0.1, 0.15) is 35.0 Å². The Morgan fingerprint density at radius 3 is 2.37 bits per heavy atom. The zero-order valence-electron chi connectivity index (χ0n) is 17.9.